The van der Waals surface area contributed by atoms with Gasteiger partial charge in [0.15, 0.2) is 5.75 Å². The first-order valence-corrected chi connectivity index (χ1v) is 7.25. The molecule has 2 rings (SSSR count). The number of carbonyl (C=O) groups excluding carboxylic acids is 1. The second-order valence-corrected chi connectivity index (χ2v) is 5.82. The second-order valence-electron chi connectivity index (χ2n) is 4.60. The van der Waals surface area contributed by atoms with Gasteiger partial charge in [0.2, 0.25) is 0 Å². The molecule has 0 N–H and O–H groups in total. The summed E-state index contributed by atoms with van der Waals surface area (Å²) in [6, 6.07) is 3.11. The molecule has 1 unspecified atom stereocenters. The molecule has 1 atom stereocenters. The van der Waals surface area contributed by atoms with Crippen molar-refractivity contribution in [3.8, 4) is 5.75 Å². The average Bonchev–Trinajstić information content (AvgIpc) is 2.36. The van der Waals surface area contributed by atoms with Crippen LogP contribution >= 0.6 is 34.8 Å². The number of ether oxygens (including phenoxy) is 1. The second kappa shape index (κ2) is 6.21. The minimum absolute atomic E-state index is 0.183. The van der Waals surface area contributed by atoms with E-state index in [1.54, 1.807) is 4.90 Å². The third-order valence-corrected chi connectivity index (χ3v) is 4.23. The number of carbonyl (C=O) groups is 1. The summed E-state index contributed by atoms with van der Waals surface area (Å²) in [5, 5.41) is 0.908. The molecule has 1 aromatic carbocycles. The van der Waals surface area contributed by atoms with Gasteiger partial charge in [-0.2, -0.15) is 0 Å². The number of benzene rings is 1. The molecule has 1 heterocycles. The van der Waals surface area contributed by atoms with Crippen LogP contribution in [0.4, 0.5) is 4.79 Å². The lowest BCUT2D eigenvalue weighted by molar-refractivity contribution is 0.118. The van der Waals surface area contributed by atoms with Crippen molar-refractivity contribution in [1.29, 1.82) is 0 Å². The number of halogens is 3. The maximum absolute atomic E-state index is 12.1. The molecule has 0 aromatic heterocycles. The molecule has 0 spiro atoms. The van der Waals surface area contributed by atoms with Crippen molar-refractivity contribution in [1.82, 2.24) is 4.90 Å². The zero-order valence-corrected chi connectivity index (χ0v) is 12.7. The summed E-state index contributed by atoms with van der Waals surface area (Å²) in [5.41, 5.74) is 0. The van der Waals surface area contributed by atoms with E-state index >= 15 is 0 Å². The first-order chi connectivity index (χ1) is 8.99. The van der Waals surface area contributed by atoms with Gasteiger partial charge in [0.25, 0.3) is 0 Å². The summed E-state index contributed by atoms with van der Waals surface area (Å²) >= 11 is 17.7. The monoisotopic (exact) mass is 321 g/mol. The van der Waals surface area contributed by atoms with E-state index in [-0.39, 0.29) is 16.8 Å². The number of nitrogens with zero attached hydrogens (tertiary/aromatic N) is 1. The Morgan fingerprint density at radius 3 is 2.58 bits per heavy atom. The first kappa shape index (κ1) is 14.8. The molecule has 0 saturated carbocycles. The van der Waals surface area contributed by atoms with Crippen LogP contribution in [0.1, 0.15) is 26.2 Å². The molecule has 1 saturated heterocycles. The van der Waals surface area contributed by atoms with E-state index in [9.17, 15) is 4.79 Å². The van der Waals surface area contributed by atoms with E-state index in [0.29, 0.717) is 16.6 Å². The largest absolute Gasteiger partial charge is 0.415 e. The van der Waals surface area contributed by atoms with Gasteiger partial charge in [0.1, 0.15) is 0 Å². The smallest absolute Gasteiger partial charge is 0.409 e. The van der Waals surface area contributed by atoms with Gasteiger partial charge >= 0.3 is 6.09 Å². The maximum atomic E-state index is 12.1. The molecule has 1 amide bonds. The molecule has 19 heavy (non-hydrogen) atoms. The fourth-order valence-electron chi connectivity index (χ4n) is 2.10. The molecule has 6 heteroatoms. The highest BCUT2D eigenvalue weighted by Crippen LogP contribution is 2.34. The molecule has 0 bridgehead atoms. The third-order valence-electron chi connectivity index (χ3n) is 3.21. The van der Waals surface area contributed by atoms with Crippen LogP contribution < -0.4 is 4.74 Å². The van der Waals surface area contributed by atoms with Gasteiger partial charge in [-0.3, -0.25) is 0 Å². The molecular formula is C13H14Cl3NO2. The zero-order chi connectivity index (χ0) is 14.0. The summed E-state index contributed by atoms with van der Waals surface area (Å²) in [4.78, 5) is 13.8. The molecule has 104 valence electrons. The normalized spacial score (nSPS) is 19.4. The lowest BCUT2D eigenvalue weighted by Crippen LogP contribution is -2.43. The number of hydrogen-bond donors (Lipinski definition) is 0. The van der Waals surface area contributed by atoms with Crippen molar-refractivity contribution in [3.05, 3.63) is 27.2 Å². The first-order valence-electron chi connectivity index (χ1n) is 6.12. The van der Waals surface area contributed by atoms with Gasteiger partial charge in [0, 0.05) is 18.7 Å². The Morgan fingerprint density at radius 1 is 1.21 bits per heavy atom. The van der Waals surface area contributed by atoms with Gasteiger partial charge in [-0.05, 0) is 32.3 Å². The molecule has 1 aliphatic rings. The van der Waals surface area contributed by atoms with E-state index in [1.165, 1.54) is 12.1 Å². The number of likely N-dealkylation sites (tertiary alicyclic amines) is 1. The van der Waals surface area contributed by atoms with Crippen molar-refractivity contribution < 1.29 is 9.53 Å². The maximum Gasteiger partial charge on any atom is 0.415 e. The van der Waals surface area contributed by atoms with E-state index < -0.39 is 6.09 Å². The molecule has 1 aromatic rings. The van der Waals surface area contributed by atoms with Crippen LogP contribution in [0, 0.1) is 0 Å². The Kier molecular flexibility index (Phi) is 4.82. The summed E-state index contributed by atoms with van der Waals surface area (Å²) in [5.74, 6) is 0.235. The van der Waals surface area contributed by atoms with Crippen LogP contribution in [-0.2, 0) is 0 Å². The average molecular weight is 323 g/mol. The molecule has 0 aliphatic carbocycles. The molecule has 3 nitrogen and oxygen atoms in total. The third kappa shape index (κ3) is 3.47. The predicted molar refractivity (Wildman–Crippen MR) is 77.5 cm³/mol. The Hall–Kier alpha value is -0.640. The van der Waals surface area contributed by atoms with Gasteiger partial charge < -0.3 is 9.64 Å². The molecule has 1 fully saturated rings. The Balaban J connectivity index is 2.12. The summed E-state index contributed by atoms with van der Waals surface area (Å²) in [6.45, 7) is 2.72. The molecule has 0 radical (unpaired) electrons. The Labute approximate surface area is 127 Å². The number of rotatable bonds is 1. The SMILES string of the molecule is CC1CCCCN1C(=O)Oc1cc(Cl)c(Cl)cc1Cl. The highest BCUT2D eigenvalue weighted by molar-refractivity contribution is 6.43. The molecule has 1 aliphatic heterocycles. The van der Waals surface area contributed by atoms with E-state index in [4.69, 9.17) is 39.5 Å². The van der Waals surface area contributed by atoms with E-state index in [0.717, 1.165) is 19.3 Å². The predicted octanol–water partition coefficient (Wildman–Crippen LogP) is 5.02. The van der Waals surface area contributed by atoms with Crippen LogP contribution in [-0.4, -0.2) is 23.6 Å². The quantitative estimate of drug-likeness (QED) is 0.679. The highest BCUT2D eigenvalue weighted by Gasteiger charge is 2.25. The topological polar surface area (TPSA) is 29.5 Å². The van der Waals surface area contributed by atoms with Crippen molar-refractivity contribution in [2.24, 2.45) is 0 Å². The van der Waals surface area contributed by atoms with E-state index in [1.807, 2.05) is 6.92 Å². The van der Waals surface area contributed by atoms with Crippen molar-refractivity contribution in [2.75, 3.05) is 6.54 Å². The fraction of sp³-hybridized carbons (Fsp3) is 0.462. The Morgan fingerprint density at radius 2 is 1.89 bits per heavy atom. The molecular weight excluding hydrogens is 309 g/mol. The fourth-order valence-corrected chi connectivity index (χ4v) is 2.68. The van der Waals surface area contributed by atoms with Gasteiger partial charge in [0.05, 0.1) is 15.1 Å². The van der Waals surface area contributed by atoms with Gasteiger partial charge in [-0.25, -0.2) is 4.79 Å². The Bertz CT molecular complexity index is 493. The van der Waals surface area contributed by atoms with Crippen LogP contribution in [0.2, 0.25) is 15.1 Å². The standard InChI is InChI=1S/C13H14Cl3NO2/c1-8-4-2-3-5-17(8)13(18)19-12-7-10(15)9(14)6-11(12)16/h6-8H,2-5H2,1H3. The van der Waals surface area contributed by atoms with Crippen LogP contribution in [0.3, 0.4) is 0 Å². The number of hydrogen-bond acceptors (Lipinski definition) is 2. The van der Waals surface area contributed by atoms with Crippen molar-refractivity contribution in [2.45, 2.75) is 32.2 Å². The van der Waals surface area contributed by atoms with Crippen molar-refractivity contribution in [3.63, 3.8) is 0 Å². The van der Waals surface area contributed by atoms with Gasteiger partial charge in [-0.15, -0.1) is 0 Å². The lowest BCUT2D eigenvalue weighted by Gasteiger charge is -2.32. The van der Waals surface area contributed by atoms with Crippen LogP contribution in [0.25, 0.3) is 0 Å². The summed E-state index contributed by atoms with van der Waals surface area (Å²) < 4.78 is 5.30. The van der Waals surface area contributed by atoms with Crippen LogP contribution in [0.5, 0.6) is 5.75 Å². The van der Waals surface area contributed by atoms with Gasteiger partial charge in [-0.1, -0.05) is 34.8 Å². The minimum Gasteiger partial charge on any atom is -0.409 e. The summed E-state index contributed by atoms with van der Waals surface area (Å²) in [6.07, 6.45) is 2.73. The lowest BCUT2D eigenvalue weighted by atomic mass is 10.0. The zero-order valence-electron chi connectivity index (χ0n) is 10.5. The minimum atomic E-state index is -0.396. The summed E-state index contributed by atoms with van der Waals surface area (Å²) in [7, 11) is 0. The van der Waals surface area contributed by atoms with E-state index in [2.05, 4.69) is 0 Å². The van der Waals surface area contributed by atoms with Crippen LogP contribution in [0.15, 0.2) is 12.1 Å². The number of piperidine rings is 1. The number of amides is 1. The van der Waals surface area contributed by atoms with Crippen molar-refractivity contribution >= 4 is 40.9 Å². The highest BCUT2D eigenvalue weighted by atomic mass is 35.5.